The highest BCUT2D eigenvalue weighted by Crippen LogP contribution is 1.96. The molecule has 0 amide bonds. The monoisotopic (exact) mass is 234 g/mol. The standard InChI is InChI=1S/C10H22N2O2S/c1-12(2)6-3-4-10(15)14-9-8-13-7-5-11/h3-9,11H2,1-2H3. The summed E-state index contributed by atoms with van der Waals surface area (Å²) in [5, 5.41) is 0.674. The maximum atomic E-state index is 5.32. The van der Waals surface area contributed by atoms with Gasteiger partial charge in [-0.3, -0.25) is 0 Å². The van der Waals surface area contributed by atoms with E-state index in [1.165, 1.54) is 0 Å². The maximum Gasteiger partial charge on any atom is 0.159 e. The van der Waals surface area contributed by atoms with Gasteiger partial charge in [-0.1, -0.05) is 0 Å². The Kier molecular flexibility index (Phi) is 10.1. The Morgan fingerprint density at radius 2 is 2.00 bits per heavy atom. The fourth-order valence-electron chi connectivity index (χ4n) is 1.01. The summed E-state index contributed by atoms with van der Waals surface area (Å²) in [6.45, 7) is 3.25. The van der Waals surface area contributed by atoms with Crippen LogP contribution in [0.15, 0.2) is 0 Å². The molecule has 5 heteroatoms. The summed E-state index contributed by atoms with van der Waals surface area (Å²) in [5.41, 5.74) is 5.27. The first-order valence-corrected chi connectivity index (χ1v) is 5.65. The Morgan fingerprint density at radius 1 is 1.27 bits per heavy atom. The van der Waals surface area contributed by atoms with E-state index in [4.69, 9.17) is 27.4 Å². The Balaban J connectivity index is 3.19. The van der Waals surface area contributed by atoms with Crippen molar-refractivity contribution >= 4 is 17.3 Å². The number of hydrogen-bond acceptors (Lipinski definition) is 5. The van der Waals surface area contributed by atoms with Crippen LogP contribution in [0.5, 0.6) is 0 Å². The zero-order valence-corrected chi connectivity index (χ0v) is 10.5. The summed E-state index contributed by atoms with van der Waals surface area (Å²) in [5.74, 6) is 0. The van der Waals surface area contributed by atoms with E-state index in [-0.39, 0.29) is 0 Å². The number of nitrogens with two attached hydrogens (primary N) is 1. The molecule has 0 unspecified atom stereocenters. The van der Waals surface area contributed by atoms with Crippen LogP contribution in [-0.4, -0.2) is 57.0 Å². The van der Waals surface area contributed by atoms with Gasteiger partial charge in [0.1, 0.15) is 6.61 Å². The quantitative estimate of drug-likeness (QED) is 0.469. The molecule has 0 rings (SSSR count). The fourth-order valence-corrected chi connectivity index (χ4v) is 1.24. The van der Waals surface area contributed by atoms with E-state index in [0.29, 0.717) is 31.4 Å². The van der Waals surface area contributed by atoms with Crippen LogP contribution < -0.4 is 5.73 Å². The predicted octanol–water partition coefficient (Wildman–Crippen LogP) is 0.648. The first-order valence-electron chi connectivity index (χ1n) is 5.25. The molecule has 0 aromatic heterocycles. The van der Waals surface area contributed by atoms with Crippen LogP contribution in [0.2, 0.25) is 0 Å². The smallest absolute Gasteiger partial charge is 0.159 e. The van der Waals surface area contributed by atoms with Crippen molar-refractivity contribution in [3.05, 3.63) is 0 Å². The van der Waals surface area contributed by atoms with Crippen molar-refractivity contribution in [3.8, 4) is 0 Å². The lowest BCUT2D eigenvalue weighted by atomic mass is 10.3. The van der Waals surface area contributed by atoms with Crippen molar-refractivity contribution in [2.45, 2.75) is 12.8 Å². The molecule has 0 fully saturated rings. The largest absolute Gasteiger partial charge is 0.485 e. The van der Waals surface area contributed by atoms with Gasteiger partial charge in [0, 0.05) is 13.0 Å². The van der Waals surface area contributed by atoms with Crippen LogP contribution in [0.3, 0.4) is 0 Å². The van der Waals surface area contributed by atoms with Gasteiger partial charge >= 0.3 is 0 Å². The van der Waals surface area contributed by atoms with Crippen LogP contribution in [0.25, 0.3) is 0 Å². The van der Waals surface area contributed by atoms with Gasteiger partial charge in [0.15, 0.2) is 5.05 Å². The maximum absolute atomic E-state index is 5.32. The number of ether oxygens (including phenoxy) is 2. The van der Waals surface area contributed by atoms with E-state index < -0.39 is 0 Å². The van der Waals surface area contributed by atoms with Gasteiger partial charge < -0.3 is 20.1 Å². The number of nitrogens with zero attached hydrogens (tertiary/aromatic N) is 1. The highest BCUT2D eigenvalue weighted by Gasteiger charge is 1.98. The lowest BCUT2D eigenvalue weighted by Gasteiger charge is -2.10. The van der Waals surface area contributed by atoms with Crippen molar-refractivity contribution in [3.63, 3.8) is 0 Å². The zero-order chi connectivity index (χ0) is 11.5. The molecule has 0 atom stereocenters. The predicted molar refractivity (Wildman–Crippen MR) is 66.2 cm³/mol. The van der Waals surface area contributed by atoms with Gasteiger partial charge in [-0.2, -0.15) is 0 Å². The second-order valence-electron chi connectivity index (χ2n) is 3.53. The molecule has 4 nitrogen and oxygen atoms in total. The average molecular weight is 234 g/mol. The van der Waals surface area contributed by atoms with Crippen LogP contribution in [0.1, 0.15) is 12.8 Å². The van der Waals surface area contributed by atoms with Gasteiger partial charge in [0.05, 0.1) is 13.2 Å². The summed E-state index contributed by atoms with van der Waals surface area (Å²) in [7, 11) is 4.09. The number of rotatable bonds is 9. The molecule has 0 bridgehead atoms. The van der Waals surface area contributed by atoms with Gasteiger partial charge in [-0.15, -0.1) is 0 Å². The Labute approximate surface area is 97.7 Å². The molecule has 0 aliphatic rings. The minimum atomic E-state index is 0.529. The van der Waals surface area contributed by atoms with E-state index in [0.717, 1.165) is 19.4 Å². The summed E-state index contributed by atoms with van der Waals surface area (Å²) in [6.07, 6.45) is 1.87. The van der Waals surface area contributed by atoms with E-state index in [1.54, 1.807) is 0 Å². The van der Waals surface area contributed by atoms with Crippen molar-refractivity contribution in [1.82, 2.24) is 4.90 Å². The molecule has 0 saturated heterocycles. The third kappa shape index (κ3) is 11.7. The molecule has 90 valence electrons. The lowest BCUT2D eigenvalue weighted by Crippen LogP contribution is -2.16. The highest BCUT2D eigenvalue weighted by atomic mass is 32.1. The van der Waals surface area contributed by atoms with Crippen molar-refractivity contribution in [2.75, 3.05) is 47.0 Å². The molecule has 0 aliphatic carbocycles. The fraction of sp³-hybridized carbons (Fsp3) is 0.900. The topological polar surface area (TPSA) is 47.7 Å². The SMILES string of the molecule is CN(C)CCCC(=S)OCCOCCN. The molecule has 0 heterocycles. The highest BCUT2D eigenvalue weighted by molar-refractivity contribution is 7.80. The lowest BCUT2D eigenvalue weighted by molar-refractivity contribution is 0.102. The first-order chi connectivity index (χ1) is 7.16. The minimum absolute atomic E-state index is 0.529. The third-order valence-corrected chi connectivity index (χ3v) is 2.06. The van der Waals surface area contributed by atoms with Crippen molar-refractivity contribution in [1.29, 1.82) is 0 Å². The normalized spacial score (nSPS) is 10.7. The minimum Gasteiger partial charge on any atom is -0.485 e. The Hall–Kier alpha value is -0.230. The van der Waals surface area contributed by atoms with Gasteiger partial charge in [0.25, 0.3) is 0 Å². The first kappa shape index (κ1) is 14.8. The van der Waals surface area contributed by atoms with E-state index in [1.807, 2.05) is 14.1 Å². The van der Waals surface area contributed by atoms with Crippen LogP contribution in [-0.2, 0) is 9.47 Å². The molecule has 0 aliphatic heterocycles. The molecular weight excluding hydrogens is 212 g/mol. The number of hydrogen-bond donors (Lipinski definition) is 1. The molecule has 0 radical (unpaired) electrons. The zero-order valence-electron chi connectivity index (χ0n) is 9.70. The molecule has 0 aromatic rings. The van der Waals surface area contributed by atoms with E-state index in [9.17, 15) is 0 Å². The second kappa shape index (κ2) is 10.3. The van der Waals surface area contributed by atoms with Crippen LogP contribution in [0, 0.1) is 0 Å². The van der Waals surface area contributed by atoms with Gasteiger partial charge in [0.2, 0.25) is 0 Å². The van der Waals surface area contributed by atoms with E-state index in [2.05, 4.69) is 4.90 Å². The summed E-state index contributed by atoms with van der Waals surface area (Å²) in [4.78, 5) is 2.13. The van der Waals surface area contributed by atoms with E-state index >= 15 is 0 Å². The Morgan fingerprint density at radius 3 is 2.60 bits per heavy atom. The molecule has 0 spiro atoms. The third-order valence-electron chi connectivity index (χ3n) is 1.74. The summed E-state index contributed by atoms with van der Waals surface area (Å²) in [6, 6.07) is 0. The molecule has 15 heavy (non-hydrogen) atoms. The molecular formula is C10H22N2O2S. The van der Waals surface area contributed by atoms with Crippen LogP contribution in [0.4, 0.5) is 0 Å². The Bertz CT molecular complexity index is 166. The summed E-state index contributed by atoms with van der Waals surface area (Å²) < 4.78 is 10.5. The average Bonchev–Trinajstić information content (AvgIpc) is 2.17. The molecule has 2 N–H and O–H groups in total. The molecule has 0 aromatic carbocycles. The number of thiocarbonyl (C=S) groups is 1. The van der Waals surface area contributed by atoms with Crippen molar-refractivity contribution < 1.29 is 9.47 Å². The molecule has 0 saturated carbocycles. The van der Waals surface area contributed by atoms with Crippen LogP contribution >= 0.6 is 12.2 Å². The second-order valence-corrected chi connectivity index (χ2v) is 3.98. The van der Waals surface area contributed by atoms with Gasteiger partial charge in [-0.05, 0) is 39.3 Å². The van der Waals surface area contributed by atoms with Crippen molar-refractivity contribution in [2.24, 2.45) is 5.73 Å². The van der Waals surface area contributed by atoms with Gasteiger partial charge in [-0.25, -0.2) is 0 Å². The summed E-state index contributed by atoms with van der Waals surface area (Å²) >= 11 is 5.06.